The molecule has 3 heterocycles. The molecule has 7 nitrogen and oxygen atoms in total. The Labute approximate surface area is 237 Å². The first kappa shape index (κ1) is 25.7. The number of imide groups is 1. The monoisotopic (exact) mass is 578 g/mol. The number of benzene rings is 3. The second-order valence-electron chi connectivity index (χ2n) is 9.42. The summed E-state index contributed by atoms with van der Waals surface area (Å²) >= 11 is 8.31. The van der Waals surface area contributed by atoms with Crippen LogP contribution in [0, 0.1) is 12.8 Å². The van der Waals surface area contributed by atoms with E-state index in [2.05, 4.69) is 4.98 Å². The van der Waals surface area contributed by atoms with Crippen molar-refractivity contribution in [3.63, 3.8) is 0 Å². The maximum absolute atomic E-state index is 13.9. The number of aromatic nitrogens is 1. The Morgan fingerprint density at radius 3 is 2.41 bits per heavy atom. The third-order valence-corrected chi connectivity index (χ3v) is 9.62. The number of thiazole rings is 1. The number of halogens is 1. The summed E-state index contributed by atoms with van der Waals surface area (Å²) in [6, 6.07) is 20.2. The topological polar surface area (TPSA) is 88.7 Å². The van der Waals surface area contributed by atoms with Crippen molar-refractivity contribution >= 4 is 52.2 Å². The molecule has 0 saturated carbocycles. The lowest BCUT2D eigenvalue weighted by molar-refractivity contribution is -0.122. The second-order valence-corrected chi connectivity index (χ2v) is 12.0. The summed E-state index contributed by atoms with van der Waals surface area (Å²) in [6.45, 7) is 2.27. The van der Waals surface area contributed by atoms with Crippen LogP contribution in [0.3, 0.4) is 0 Å². The quantitative estimate of drug-likeness (QED) is 0.292. The Kier molecular flexibility index (Phi) is 6.74. The smallest absolute Gasteiger partial charge is 0.305 e. The first-order chi connectivity index (χ1) is 18.8. The third kappa shape index (κ3) is 4.64. The zero-order valence-electron chi connectivity index (χ0n) is 21.0. The molecule has 1 saturated heterocycles. The summed E-state index contributed by atoms with van der Waals surface area (Å²) < 4.78 is 11.7. The van der Waals surface area contributed by atoms with Crippen LogP contribution in [0.2, 0.25) is 5.02 Å². The van der Waals surface area contributed by atoms with Crippen molar-refractivity contribution in [3.8, 4) is 11.5 Å². The molecule has 3 unspecified atom stereocenters. The van der Waals surface area contributed by atoms with Crippen LogP contribution in [-0.4, -0.2) is 29.2 Å². The van der Waals surface area contributed by atoms with E-state index in [9.17, 15) is 14.4 Å². The summed E-state index contributed by atoms with van der Waals surface area (Å²) in [7, 11) is 1.55. The third-order valence-electron chi connectivity index (χ3n) is 6.97. The molecule has 0 aliphatic carbocycles. The molecule has 3 atom stereocenters. The number of anilines is 1. The highest BCUT2D eigenvalue weighted by atomic mass is 35.5. The Morgan fingerprint density at radius 2 is 1.69 bits per heavy atom. The fourth-order valence-electron chi connectivity index (χ4n) is 5.06. The molecule has 6 rings (SSSR count). The number of carbonyl (C=O) groups excluding carboxylic acids is 2. The van der Waals surface area contributed by atoms with Gasteiger partial charge in [-0.05, 0) is 54.4 Å². The lowest BCUT2D eigenvalue weighted by Gasteiger charge is -2.30. The van der Waals surface area contributed by atoms with Crippen molar-refractivity contribution in [2.45, 2.75) is 29.7 Å². The van der Waals surface area contributed by atoms with E-state index >= 15 is 0 Å². The summed E-state index contributed by atoms with van der Waals surface area (Å²) in [5, 5.41) is 0.621. The first-order valence-corrected chi connectivity index (χ1v) is 14.3. The molecular formula is C29H23ClN2O5S2. The minimum absolute atomic E-state index is 0.220. The van der Waals surface area contributed by atoms with Gasteiger partial charge in [-0.3, -0.25) is 14.4 Å². The lowest BCUT2D eigenvalue weighted by atomic mass is 9.83. The fraction of sp³-hybridized carbons (Fsp3) is 0.207. The summed E-state index contributed by atoms with van der Waals surface area (Å²) in [5.41, 5.74) is 3.30. The van der Waals surface area contributed by atoms with Gasteiger partial charge in [0, 0.05) is 15.8 Å². The average molecular weight is 579 g/mol. The van der Waals surface area contributed by atoms with Gasteiger partial charge in [0.25, 0.3) is 0 Å². The van der Waals surface area contributed by atoms with E-state index < -0.39 is 17.1 Å². The number of methoxy groups -OCH3 is 1. The molecule has 0 bridgehead atoms. The van der Waals surface area contributed by atoms with E-state index in [0.717, 1.165) is 32.9 Å². The molecule has 2 aliphatic heterocycles. The van der Waals surface area contributed by atoms with Gasteiger partial charge >= 0.3 is 4.87 Å². The molecular weight excluding hydrogens is 556 g/mol. The number of nitrogens with one attached hydrogen (secondary N) is 1. The molecule has 10 heteroatoms. The number of thioether (sulfide) groups is 1. The van der Waals surface area contributed by atoms with E-state index in [4.69, 9.17) is 21.1 Å². The lowest BCUT2D eigenvalue weighted by Crippen LogP contribution is -2.32. The molecule has 2 aliphatic rings. The summed E-state index contributed by atoms with van der Waals surface area (Å²) in [5.74, 6) is -0.700. The SMILES string of the molecule is COc1cc(C2c3sc(=O)[nH]c3SC3C(=O)N(c4ccc(C)cc4)C(=O)C32)ccc1OCc1ccc(Cl)cc1. The van der Waals surface area contributed by atoms with Crippen LogP contribution in [0.25, 0.3) is 0 Å². The van der Waals surface area contributed by atoms with Gasteiger partial charge in [-0.15, -0.1) is 0 Å². The van der Waals surface area contributed by atoms with Crippen LogP contribution in [0.15, 0.2) is 76.6 Å². The van der Waals surface area contributed by atoms with Gasteiger partial charge in [0.15, 0.2) is 11.5 Å². The molecule has 1 aromatic heterocycles. The van der Waals surface area contributed by atoms with Crippen LogP contribution < -0.4 is 19.2 Å². The van der Waals surface area contributed by atoms with Gasteiger partial charge in [-0.25, -0.2) is 4.90 Å². The Bertz CT molecular complexity index is 1630. The Hall–Kier alpha value is -3.53. The number of hydrogen-bond donors (Lipinski definition) is 1. The van der Waals surface area contributed by atoms with Crippen LogP contribution >= 0.6 is 34.7 Å². The van der Waals surface area contributed by atoms with Gasteiger partial charge in [0.2, 0.25) is 11.8 Å². The molecule has 39 heavy (non-hydrogen) atoms. The van der Waals surface area contributed by atoms with Crippen molar-refractivity contribution in [1.29, 1.82) is 0 Å². The van der Waals surface area contributed by atoms with Gasteiger partial charge in [-0.1, -0.05) is 70.6 Å². The maximum Gasteiger partial charge on any atom is 0.305 e. The maximum atomic E-state index is 13.9. The number of amides is 2. The van der Waals surface area contributed by atoms with Gasteiger partial charge < -0.3 is 14.5 Å². The molecule has 4 aromatic rings. The number of ether oxygens (including phenoxy) is 2. The Balaban J connectivity index is 1.37. The highest BCUT2D eigenvalue weighted by Gasteiger charge is 2.56. The van der Waals surface area contributed by atoms with Crippen LogP contribution in [0.1, 0.15) is 27.5 Å². The minimum Gasteiger partial charge on any atom is -0.493 e. The number of hydrogen-bond acceptors (Lipinski definition) is 7. The highest BCUT2D eigenvalue weighted by Crippen LogP contribution is 2.53. The molecule has 1 fully saturated rings. The molecule has 0 spiro atoms. The van der Waals surface area contributed by atoms with Crippen LogP contribution in [0.4, 0.5) is 5.69 Å². The standard InChI is InChI=1S/C29H23ClN2O5S2/c1-15-3-10-19(11-4-15)32-27(33)23-22(24-26(31-29(35)39-24)38-25(23)28(32)34)17-7-12-20(21(13-17)36-2)37-14-16-5-8-18(30)9-6-16/h3-13,22-23,25H,14H2,1-2H3,(H,31,35). The van der Waals surface area contributed by atoms with E-state index in [1.807, 2.05) is 43.3 Å². The number of H-pyrrole nitrogens is 1. The fourth-order valence-corrected chi connectivity index (χ4v) is 7.70. The number of aryl methyl sites for hydroxylation is 1. The van der Waals surface area contributed by atoms with Gasteiger partial charge in [-0.2, -0.15) is 0 Å². The van der Waals surface area contributed by atoms with Crippen molar-refractivity contribution in [2.75, 3.05) is 12.0 Å². The van der Waals surface area contributed by atoms with Crippen molar-refractivity contribution in [2.24, 2.45) is 5.92 Å². The van der Waals surface area contributed by atoms with Crippen molar-refractivity contribution < 1.29 is 19.1 Å². The van der Waals surface area contributed by atoms with E-state index in [0.29, 0.717) is 33.8 Å². The number of nitrogens with zero attached hydrogens (tertiary/aromatic N) is 1. The van der Waals surface area contributed by atoms with Gasteiger partial charge in [0.05, 0.1) is 23.7 Å². The molecule has 1 N–H and O–H groups in total. The van der Waals surface area contributed by atoms with Crippen LogP contribution in [-0.2, 0) is 16.2 Å². The Morgan fingerprint density at radius 1 is 0.949 bits per heavy atom. The van der Waals surface area contributed by atoms with Gasteiger partial charge in [0.1, 0.15) is 11.9 Å². The van der Waals surface area contributed by atoms with E-state index in [1.165, 1.54) is 16.7 Å². The van der Waals surface area contributed by atoms with Crippen molar-refractivity contribution in [3.05, 3.63) is 103 Å². The molecule has 3 aromatic carbocycles. The first-order valence-electron chi connectivity index (χ1n) is 12.2. The van der Waals surface area contributed by atoms with Crippen LogP contribution in [0.5, 0.6) is 11.5 Å². The zero-order valence-corrected chi connectivity index (χ0v) is 23.4. The predicted octanol–water partition coefficient (Wildman–Crippen LogP) is 5.78. The predicted molar refractivity (Wildman–Crippen MR) is 152 cm³/mol. The number of fused-ring (bicyclic) bond motifs is 2. The highest BCUT2D eigenvalue weighted by molar-refractivity contribution is 8.00. The van der Waals surface area contributed by atoms with Crippen molar-refractivity contribution in [1.82, 2.24) is 4.98 Å². The largest absolute Gasteiger partial charge is 0.493 e. The summed E-state index contributed by atoms with van der Waals surface area (Å²) in [4.78, 5) is 44.5. The zero-order chi connectivity index (χ0) is 27.3. The molecule has 0 radical (unpaired) electrons. The molecule has 198 valence electrons. The number of carbonyl (C=O) groups is 2. The number of aromatic amines is 1. The van der Waals surface area contributed by atoms with E-state index in [-0.39, 0.29) is 16.7 Å². The number of rotatable bonds is 6. The second kappa shape index (κ2) is 10.2. The molecule has 2 amide bonds. The van der Waals surface area contributed by atoms with E-state index in [1.54, 1.807) is 37.4 Å². The minimum atomic E-state index is -0.673. The summed E-state index contributed by atoms with van der Waals surface area (Å²) in [6.07, 6.45) is 0. The normalized spacial score (nSPS) is 20.1. The average Bonchev–Trinajstić information content (AvgIpc) is 3.43.